The maximum Gasteiger partial charge on any atom is 0.573 e. The Hall–Kier alpha value is -2.95. The van der Waals surface area contributed by atoms with E-state index in [4.69, 9.17) is 9.47 Å². The van der Waals surface area contributed by atoms with Gasteiger partial charge in [0.05, 0.1) is 33.5 Å². The molecule has 0 fully saturated rings. The van der Waals surface area contributed by atoms with Crippen LogP contribution in [-0.4, -0.2) is 53.0 Å². The number of halogens is 3. The normalized spacial score (nSPS) is 14.7. The summed E-state index contributed by atoms with van der Waals surface area (Å²) in [5, 5.41) is 0. The van der Waals surface area contributed by atoms with Crippen LogP contribution in [0, 0.1) is 0 Å². The van der Waals surface area contributed by atoms with Gasteiger partial charge in [-0.2, -0.15) is 0 Å². The molecule has 8 nitrogen and oxygen atoms in total. The predicted octanol–water partition coefficient (Wildman–Crippen LogP) is 1.99. The Morgan fingerprint density at radius 3 is 2.30 bits per heavy atom. The summed E-state index contributed by atoms with van der Waals surface area (Å²) in [5.41, 5.74) is -0.264. The molecular formula is C16H16F3NO7. The zero-order valence-electron chi connectivity index (χ0n) is 14.6. The molecule has 0 spiro atoms. The smallest absolute Gasteiger partial charge is 0.493 e. The minimum absolute atomic E-state index is 0.0801. The van der Waals surface area contributed by atoms with Gasteiger partial charge in [-0.1, -0.05) is 0 Å². The summed E-state index contributed by atoms with van der Waals surface area (Å²) >= 11 is 0. The second-order valence-corrected chi connectivity index (χ2v) is 5.10. The highest BCUT2D eigenvalue weighted by Crippen LogP contribution is 2.37. The zero-order valence-corrected chi connectivity index (χ0v) is 14.6. The number of alkyl halides is 3. The summed E-state index contributed by atoms with van der Waals surface area (Å²) in [4.78, 5) is 25.3. The summed E-state index contributed by atoms with van der Waals surface area (Å²) in [6.07, 6.45) is -4.96. The van der Waals surface area contributed by atoms with E-state index in [0.717, 1.165) is 20.3 Å². The fourth-order valence-corrected chi connectivity index (χ4v) is 2.39. The fourth-order valence-electron chi connectivity index (χ4n) is 2.39. The van der Waals surface area contributed by atoms with Gasteiger partial charge in [-0.05, 0) is 12.1 Å². The van der Waals surface area contributed by atoms with Gasteiger partial charge in [0, 0.05) is 11.8 Å². The van der Waals surface area contributed by atoms with E-state index in [2.05, 4.69) is 14.2 Å². The summed E-state index contributed by atoms with van der Waals surface area (Å²) in [6.45, 7) is -0.446. The number of nitrogens with zero attached hydrogens (tertiary/aromatic N) is 1. The first-order chi connectivity index (χ1) is 12.7. The van der Waals surface area contributed by atoms with Crippen molar-refractivity contribution in [3.8, 4) is 11.5 Å². The number of anilines is 1. The first-order valence-electron chi connectivity index (χ1n) is 7.40. The molecule has 0 radical (unpaired) electrons. The average molecular weight is 391 g/mol. The van der Waals surface area contributed by atoms with E-state index in [9.17, 15) is 22.8 Å². The van der Waals surface area contributed by atoms with Gasteiger partial charge in [-0.15, -0.1) is 13.2 Å². The van der Waals surface area contributed by atoms with E-state index in [-0.39, 0.29) is 36.0 Å². The van der Waals surface area contributed by atoms with Crippen LogP contribution >= 0.6 is 0 Å². The van der Waals surface area contributed by atoms with Gasteiger partial charge >= 0.3 is 18.3 Å². The molecule has 0 bridgehead atoms. The molecule has 0 unspecified atom stereocenters. The largest absolute Gasteiger partial charge is 0.573 e. The van der Waals surface area contributed by atoms with Gasteiger partial charge in [-0.3, -0.25) is 0 Å². The van der Waals surface area contributed by atoms with Crippen LogP contribution in [0.15, 0.2) is 29.5 Å². The highest BCUT2D eigenvalue weighted by Gasteiger charge is 2.35. The highest BCUT2D eigenvalue weighted by atomic mass is 19.4. The van der Waals surface area contributed by atoms with E-state index >= 15 is 0 Å². The molecule has 1 heterocycles. The monoisotopic (exact) mass is 391 g/mol. The lowest BCUT2D eigenvalue weighted by Crippen LogP contribution is -2.38. The number of ether oxygens (including phenoxy) is 5. The number of benzene rings is 1. The molecule has 1 aliphatic rings. The van der Waals surface area contributed by atoms with Crippen LogP contribution in [-0.2, 0) is 23.8 Å². The molecule has 2 rings (SSSR count). The van der Waals surface area contributed by atoms with Crippen molar-refractivity contribution in [2.24, 2.45) is 0 Å². The third-order valence-electron chi connectivity index (χ3n) is 3.52. The van der Waals surface area contributed by atoms with Crippen molar-refractivity contribution < 1.29 is 46.4 Å². The maximum absolute atomic E-state index is 12.6. The van der Waals surface area contributed by atoms with Gasteiger partial charge in [0.2, 0.25) is 0 Å². The molecule has 0 aromatic heterocycles. The van der Waals surface area contributed by atoms with Gasteiger partial charge in [0.15, 0.2) is 11.5 Å². The average Bonchev–Trinajstić information content (AvgIpc) is 2.64. The summed E-state index contributed by atoms with van der Waals surface area (Å²) in [7, 11) is 3.40. The molecule has 0 atom stereocenters. The lowest BCUT2D eigenvalue weighted by Gasteiger charge is -2.31. The van der Waals surface area contributed by atoms with Crippen LogP contribution in [0.5, 0.6) is 11.5 Å². The number of hydrogen-bond donors (Lipinski definition) is 0. The second-order valence-electron chi connectivity index (χ2n) is 5.10. The number of carbonyl (C=O) groups excluding carboxylic acids is 2. The van der Waals surface area contributed by atoms with Crippen LogP contribution in [0.3, 0.4) is 0 Å². The lowest BCUT2D eigenvalue weighted by atomic mass is 10.1. The SMILES string of the molecule is COC(=O)C1=C(C(=O)OC)N(c2ccc(OC)c(OC(F)(F)F)c2)COC1. The molecule has 1 aromatic rings. The number of esters is 2. The summed E-state index contributed by atoms with van der Waals surface area (Å²) in [6, 6.07) is 3.59. The van der Waals surface area contributed by atoms with Crippen LogP contribution in [0.4, 0.5) is 18.9 Å². The molecule has 0 saturated carbocycles. The number of methoxy groups -OCH3 is 3. The van der Waals surface area contributed by atoms with Crippen LogP contribution < -0.4 is 14.4 Å². The summed E-state index contributed by atoms with van der Waals surface area (Å²) < 4.78 is 61.3. The molecular weight excluding hydrogens is 375 g/mol. The first-order valence-corrected chi connectivity index (χ1v) is 7.40. The Balaban J connectivity index is 2.55. The molecule has 148 valence electrons. The maximum atomic E-state index is 12.6. The van der Waals surface area contributed by atoms with Gasteiger partial charge < -0.3 is 28.6 Å². The topological polar surface area (TPSA) is 83.5 Å². The number of carbonyl (C=O) groups is 2. The Bertz CT molecular complexity index is 761. The molecule has 11 heteroatoms. The third kappa shape index (κ3) is 4.61. The van der Waals surface area contributed by atoms with Crippen molar-refractivity contribution in [1.82, 2.24) is 0 Å². The second kappa shape index (κ2) is 8.16. The van der Waals surface area contributed by atoms with Gasteiger partial charge in [0.25, 0.3) is 0 Å². The lowest BCUT2D eigenvalue weighted by molar-refractivity contribution is -0.275. The number of rotatable bonds is 5. The minimum atomic E-state index is -4.96. The van der Waals surface area contributed by atoms with Crippen LogP contribution in [0.1, 0.15) is 0 Å². The van der Waals surface area contributed by atoms with Crippen molar-refractivity contribution in [2.75, 3.05) is 39.6 Å². The first kappa shape index (κ1) is 20.4. The minimum Gasteiger partial charge on any atom is -0.493 e. The molecule has 1 aromatic carbocycles. The Kier molecular flexibility index (Phi) is 6.16. The van der Waals surface area contributed by atoms with E-state index in [1.165, 1.54) is 24.1 Å². The van der Waals surface area contributed by atoms with Crippen molar-refractivity contribution in [2.45, 2.75) is 6.36 Å². The summed E-state index contributed by atoms with van der Waals surface area (Å²) in [5.74, 6) is -2.52. The van der Waals surface area contributed by atoms with E-state index in [1.807, 2.05) is 0 Å². The fraction of sp³-hybridized carbons (Fsp3) is 0.375. The molecule has 0 amide bonds. The molecule has 0 N–H and O–H groups in total. The molecule has 27 heavy (non-hydrogen) atoms. The van der Waals surface area contributed by atoms with E-state index in [1.54, 1.807) is 0 Å². The van der Waals surface area contributed by atoms with Crippen molar-refractivity contribution in [3.05, 3.63) is 29.5 Å². The highest BCUT2D eigenvalue weighted by molar-refractivity contribution is 6.03. The van der Waals surface area contributed by atoms with Gasteiger partial charge in [0.1, 0.15) is 12.4 Å². The Labute approximate surface area is 152 Å². The van der Waals surface area contributed by atoms with E-state index in [0.29, 0.717) is 0 Å². The van der Waals surface area contributed by atoms with Crippen molar-refractivity contribution >= 4 is 17.6 Å². The molecule has 0 aliphatic carbocycles. The van der Waals surface area contributed by atoms with Crippen LogP contribution in [0.25, 0.3) is 0 Å². The zero-order chi connectivity index (χ0) is 20.2. The standard InChI is InChI=1S/C16H16F3NO7/c1-23-11-5-4-9(6-12(11)27-16(17,18)19)20-8-26-7-10(14(21)24-2)13(20)15(22)25-3/h4-6H,7-8H2,1-3H3. The van der Waals surface area contributed by atoms with Crippen LogP contribution in [0.2, 0.25) is 0 Å². The molecule has 1 aliphatic heterocycles. The quantitative estimate of drug-likeness (QED) is 0.705. The molecule has 0 saturated heterocycles. The van der Waals surface area contributed by atoms with Crippen molar-refractivity contribution in [1.29, 1.82) is 0 Å². The Morgan fingerprint density at radius 2 is 1.74 bits per heavy atom. The predicted molar refractivity (Wildman–Crippen MR) is 84.0 cm³/mol. The third-order valence-corrected chi connectivity index (χ3v) is 3.52. The van der Waals surface area contributed by atoms with Gasteiger partial charge in [-0.25, -0.2) is 9.59 Å². The number of hydrogen-bond acceptors (Lipinski definition) is 8. The van der Waals surface area contributed by atoms with E-state index < -0.39 is 24.1 Å². The van der Waals surface area contributed by atoms with Crippen molar-refractivity contribution in [3.63, 3.8) is 0 Å². The Morgan fingerprint density at radius 1 is 1.07 bits per heavy atom.